The number of halogens is 2. The van der Waals surface area contributed by atoms with Crippen LogP contribution >= 0.6 is 24.8 Å². The molecular formula is C19H34Cl2N4O. The average molecular weight is 405 g/mol. The second-order valence-electron chi connectivity index (χ2n) is 7.36. The van der Waals surface area contributed by atoms with Gasteiger partial charge in [0.15, 0.2) is 0 Å². The minimum absolute atomic E-state index is 0. The van der Waals surface area contributed by atoms with E-state index in [2.05, 4.69) is 53.2 Å². The Morgan fingerprint density at radius 2 is 1.65 bits per heavy atom. The first kappa shape index (κ1) is 25.1. The highest BCUT2D eigenvalue weighted by Gasteiger charge is 2.29. The molecule has 1 aromatic carbocycles. The molecule has 7 heteroatoms. The van der Waals surface area contributed by atoms with E-state index in [-0.39, 0.29) is 36.3 Å². The first-order valence-electron chi connectivity index (χ1n) is 8.92. The molecule has 0 spiro atoms. The van der Waals surface area contributed by atoms with Gasteiger partial charge in [-0.25, -0.2) is 0 Å². The Labute approximate surface area is 170 Å². The second-order valence-corrected chi connectivity index (χ2v) is 7.36. The molecule has 1 unspecified atom stereocenters. The number of nitrogens with one attached hydrogen (secondary N) is 1. The van der Waals surface area contributed by atoms with E-state index < -0.39 is 0 Å². The summed E-state index contributed by atoms with van der Waals surface area (Å²) in [5.41, 5.74) is 6.87. The van der Waals surface area contributed by atoms with Crippen molar-refractivity contribution in [1.82, 2.24) is 15.1 Å². The number of piperazine rings is 1. The molecule has 2 rings (SSSR count). The van der Waals surface area contributed by atoms with E-state index >= 15 is 0 Å². The highest BCUT2D eigenvalue weighted by molar-refractivity contribution is 5.85. The van der Waals surface area contributed by atoms with Crippen LogP contribution in [-0.4, -0.2) is 60.5 Å². The largest absolute Gasteiger partial charge is 0.348 e. The number of hydrogen-bond acceptors (Lipinski definition) is 4. The third-order valence-corrected chi connectivity index (χ3v) is 5.20. The summed E-state index contributed by atoms with van der Waals surface area (Å²) < 4.78 is 0. The summed E-state index contributed by atoms with van der Waals surface area (Å²) in [6.45, 7) is 12.0. The van der Waals surface area contributed by atoms with Crippen molar-refractivity contribution in [2.75, 3.05) is 39.3 Å². The fourth-order valence-electron chi connectivity index (χ4n) is 2.94. The van der Waals surface area contributed by atoms with Gasteiger partial charge in [-0.2, -0.15) is 0 Å². The molecule has 1 saturated heterocycles. The Balaban J connectivity index is 0.00000312. The smallest absolute Gasteiger partial charge is 0.234 e. The molecule has 1 aliphatic rings. The van der Waals surface area contributed by atoms with E-state index in [1.807, 2.05) is 13.0 Å². The minimum atomic E-state index is -0.327. The van der Waals surface area contributed by atoms with Gasteiger partial charge in [0.05, 0.1) is 12.1 Å². The van der Waals surface area contributed by atoms with Crippen molar-refractivity contribution in [1.29, 1.82) is 0 Å². The second kappa shape index (κ2) is 11.8. The molecule has 1 fully saturated rings. The summed E-state index contributed by atoms with van der Waals surface area (Å²) in [5, 5.41) is 3.12. The van der Waals surface area contributed by atoms with Gasteiger partial charge in [0, 0.05) is 39.3 Å². The van der Waals surface area contributed by atoms with E-state index in [1.54, 1.807) is 0 Å². The standard InChI is InChI=1S/C19H32N4O.2ClH/c1-16(2)19(3,15-20)21-18(24)14-23-11-9-22(10-12-23)13-17-7-5-4-6-8-17;;/h4-8,16H,9-15,20H2,1-3H3,(H,21,24);2*1H. The van der Waals surface area contributed by atoms with Crippen LogP contribution in [0.5, 0.6) is 0 Å². The van der Waals surface area contributed by atoms with Crippen molar-refractivity contribution < 1.29 is 4.79 Å². The topological polar surface area (TPSA) is 61.6 Å². The molecule has 1 atom stereocenters. The molecule has 1 aliphatic heterocycles. The van der Waals surface area contributed by atoms with E-state index in [1.165, 1.54) is 5.56 Å². The van der Waals surface area contributed by atoms with Crippen molar-refractivity contribution >= 4 is 30.7 Å². The Morgan fingerprint density at radius 3 is 2.15 bits per heavy atom. The molecular weight excluding hydrogens is 371 g/mol. The molecule has 0 aromatic heterocycles. The fraction of sp³-hybridized carbons (Fsp3) is 0.632. The van der Waals surface area contributed by atoms with Crippen LogP contribution in [0.2, 0.25) is 0 Å². The summed E-state index contributed by atoms with van der Waals surface area (Å²) in [6, 6.07) is 10.5. The average Bonchev–Trinajstić information content (AvgIpc) is 2.57. The van der Waals surface area contributed by atoms with Crippen molar-refractivity contribution in [3.8, 4) is 0 Å². The number of nitrogens with two attached hydrogens (primary N) is 1. The molecule has 1 aromatic rings. The summed E-state index contributed by atoms with van der Waals surface area (Å²) in [6.07, 6.45) is 0. The number of carbonyl (C=O) groups excluding carboxylic acids is 1. The van der Waals surface area contributed by atoms with Crippen LogP contribution in [0.15, 0.2) is 30.3 Å². The van der Waals surface area contributed by atoms with Crippen LogP contribution in [-0.2, 0) is 11.3 Å². The lowest BCUT2D eigenvalue weighted by Crippen LogP contribution is -2.58. The monoisotopic (exact) mass is 404 g/mol. The Kier molecular flexibility index (Phi) is 11.4. The van der Waals surface area contributed by atoms with Crippen molar-refractivity contribution in [3.63, 3.8) is 0 Å². The predicted octanol–water partition coefficient (Wildman–Crippen LogP) is 2.14. The van der Waals surface area contributed by atoms with E-state index in [4.69, 9.17) is 5.73 Å². The molecule has 0 radical (unpaired) electrons. The zero-order chi connectivity index (χ0) is 17.6. The summed E-state index contributed by atoms with van der Waals surface area (Å²) in [5.74, 6) is 0.391. The van der Waals surface area contributed by atoms with Crippen LogP contribution in [0.25, 0.3) is 0 Å². The number of nitrogens with zero attached hydrogens (tertiary/aromatic N) is 2. The Morgan fingerprint density at radius 1 is 1.12 bits per heavy atom. The number of benzene rings is 1. The zero-order valence-electron chi connectivity index (χ0n) is 16.1. The molecule has 0 saturated carbocycles. The molecule has 150 valence electrons. The summed E-state index contributed by atoms with van der Waals surface area (Å²) in [4.78, 5) is 17.0. The van der Waals surface area contributed by atoms with Gasteiger partial charge in [0.2, 0.25) is 5.91 Å². The summed E-state index contributed by atoms with van der Waals surface area (Å²) >= 11 is 0. The quantitative estimate of drug-likeness (QED) is 0.730. The summed E-state index contributed by atoms with van der Waals surface area (Å²) in [7, 11) is 0. The lowest BCUT2D eigenvalue weighted by atomic mass is 9.88. The molecule has 0 bridgehead atoms. The van der Waals surface area contributed by atoms with Gasteiger partial charge < -0.3 is 11.1 Å². The Hall–Kier alpha value is -0.850. The lowest BCUT2D eigenvalue weighted by Gasteiger charge is -2.37. The van der Waals surface area contributed by atoms with Gasteiger partial charge in [-0.1, -0.05) is 44.2 Å². The van der Waals surface area contributed by atoms with Crippen molar-refractivity contribution in [2.24, 2.45) is 11.7 Å². The SMILES string of the molecule is CC(C)C(C)(CN)NC(=O)CN1CCN(Cc2ccccc2)CC1.Cl.Cl. The molecule has 3 N–H and O–H groups in total. The van der Waals surface area contributed by atoms with Gasteiger partial charge in [-0.3, -0.25) is 14.6 Å². The number of amides is 1. The maximum atomic E-state index is 12.3. The van der Waals surface area contributed by atoms with Crippen LogP contribution in [0, 0.1) is 5.92 Å². The van der Waals surface area contributed by atoms with Gasteiger partial charge in [0.1, 0.15) is 0 Å². The highest BCUT2D eigenvalue weighted by Crippen LogP contribution is 2.15. The van der Waals surface area contributed by atoms with Gasteiger partial charge in [0.25, 0.3) is 0 Å². The van der Waals surface area contributed by atoms with Crippen molar-refractivity contribution in [2.45, 2.75) is 32.9 Å². The number of rotatable bonds is 7. The van der Waals surface area contributed by atoms with Crippen LogP contribution < -0.4 is 11.1 Å². The van der Waals surface area contributed by atoms with Gasteiger partial charge in [-0.15, -0.1) is 24.8 Å². The maximum absolute atomic E-state index is 12.3. The third kappa shape index (κ3) is 7.41. The van der Waals surface area contributed by atoms with E-state index in [0.29, 0.717) is 19.0 Å². The van der Waals surface area contributed by atoms with Crippen molar-refractivity contribution in [3.05, 3.63) is 35.9 Å². The van der Waals surface area contributed by atoms with Crippen LogP contribution in [0.4, 0.5) is 0 Å². The first-order valence-corrected chi connectivity index (χ1v) is 8.92. The predicted molar refractivity (Wildman–Crippen MR) is 113 cm³/mol. The molecule has 5 nitrogen and oxygen atoms in total. The molecule has 1 amide bonds. The van der Waals surface area contributed by atoms with E-state index in [0.717, 1.165) is 32.7 Å². The normalized spacial score (nSPS) is 17.7. The van der Waals surface area contributed by atoms with Crippen LogP contribution in [0.1, 0.15) is 26.3 Å². The highest BCUT2D eigenvalue weighted by atomic mass is 35.5. The fourth-order valence-corrected chi connectivity index (χ4v) is 2.94. The van der Waals surface area contributed by atoms with E-state index in [9.17, 15) is 4.79 Å². The number of hydrogen-bond donors (Lipinski definition) is 2. The molecule has 26 heavy (non-hydrogen) atoms. The zero-order valence-corrected chi connectivity index (χ0v) is 17.7. The maximum Gasteiger partial charge on any atom is 0.234 e. The minimum Gasteiger partial charge on any atom is -0.348 e. The number of carbonyl (C=O) groups is 1. The Bertz CT molecular complexity index is 522. The van der Waals surface area contributed by atoms with Gasteiger partial charge in [-0.05, 0) is 18.4 Å². The third-order valence-electron chi connectivity index (χ3n) is 5.20. The lowest BCUT2D eigenvalue weighted by molar-refractivity contribution is -0.124. The van der Waals surface area contributed by atoms with Gasteiger partial charge >= 0.3 is 0 Å². The molecule has 0 aliphatic carbocycles. The van der Waals surface area contributed by atoms with Crippen LogP contribution in [0.3, 0.4) is 0 Å². The first-order chi connectivity index (χ1) is 11.4. The molecule has 1 heterocycles.